The highest BCUT2D eigenvalue weighted by molar-refractivity contribution is 5.80. The zero-order valence-electron chi connectivity index (χ0n) is 14.8. The Morgan fingerprint density at radius 3 is 2.78 bits per heavy atom. The Balaban J connectivity index is 1.62. The highest BCUT2D eigenvalue weighted by Crippen LogP contribution is 2.33. The predicted octanol–water partition coefficient (Wildman–Crippen LogP) is 2.42. The van der Waals surface area contributed by atoms with Gasteiger partial charge in [0.15, 0.2) is 23.4 Å². The molecule has 1 heterocycles. The van der Waals surface area contributed by atoms with Gasteiger partial charge >= 0.3 is 5.69 Å². The van der Waals surface area contributed by atoms with E-state index in [0.29, 0.717) is 17.2 Å². The summed E-state index contributed by atoms with van der Waals surface area (Å²) in [5.74, 6) is 1.20. The van der Waals surface area contributed by atoms with Crippen LogP contribution in [-0.4, -0.2) is 30.8 Å². The number of methoxy groups -OCH3 is 1. The lowest BCUT2D eigenvalue weighted by molar-refractivity contribution is -0.386. The number of nitrogens with one attached hydrogen (secondary N) is 1. The molecule has 27 heavy (non-hydrogen) atoms. The lowest BCUT2D eigenvalue weighted by Crippen LogP contribution is -2.36. The Bertz CT molecular complexity index is 869. The summed E-state index contributed by atoms with van der Waals surface area (Å²) in [7, 11) is 1.41. The molecule has 0 bridgehead atoms. The number of hydrogen-bond acceptors (Lipinski definition) is 7. The molecule has 0 unspecified atom stereocenters. The van der Waals surface area contributed by atoms with E-state index in [2.05, 4.69) is 5.32 Å². The molecule has 9 heteroatoms. The molecule has 2 aromatic rings. The Hall–Kier alpha value is -3.49. The number of amides is 1. The second-order valence-electron chi connectivity index (χ2n) is 5.76. The summed E-state index contributed by atoms with van der Waals surface area (Å²) >= 11 is 0. The van der Waals surface area contributed by atoms with Crippen LogP contribution in [0, 0.1) is 10.1 Å². The molecule has 2 aromatic carbocycles. The maximum absolute atomic E-state index is 12.3. The van der Waals surface area contributed by atoms with Crippen LogP contribution in [0.1, 0.15) is 12.5 Å². The van der Waals surface area contributed by atoms with E-state index in [4.69, 9.17) is 18.9 Å². The molecule has 1 atom stereocenters. The van der Waals surface area contributed by atoms with Gasteiger partial charge in [-0.3, -0.25) is 14.9 Å². The zero-order chi connectivity index (χ0) is 19.4. The number of nitro benzene ring substituents is 1. The van der Waals surface area contributed by atoms with Crippen LogP contribution in [0.4, 0.5) is 5.69 Å². The third-order valence-corrected chi connectivity index (χ3v) is 3.94. The minimum absolute atomic E-state index is 0.00784. The van der Waals surface area contributed by atoms with E-state index in [1.54, 1.807) is 12.1 Å². The Morgan fingerprint density at radius 2 is 2.04 bits per heavy atom. The zero-order valence-corrected chi connectivity index (χ0v) is 14.8. The maximum atomic E-state index is 12.3. The number of carbonyl (C=O) groups excluding carboxylic acids is 1. The fourth-order valence-electron chi connectivity index (χ4n) is 2.49. The van der Waals surface area contributed by atoms with Crippen LogP contribution in [0.2, 0.25) is 0 Å². The Labute approximate surface area is 154 Å². The largest absolute Gasteiger partial charge is 0.496 e. The molecule has 0 aromatic heterocycles. The number of carbonyl (C=O) groups is 1. The van der Waals surface area contributed by atoms with E-state index in [9.17, 15) is 14.9 Å². The summed E-state index contributed by atoms with van der Waals surface area (Å²) < 4.78 is 21.0. The smallest absolute Gasteiger partial charge is 0.314 e. The molecule has 142 valence electrons. The van der Waals surface area contributed by atoms with Gasteiger partial charge in [-0.15, -0.1) is 0 Å². The number of hydrogen-bond donors (Lipinski definition) is 1. The molecule has 1 aliphatic rings. The molecule has 0 spiro atoms. The number of nitro groups is 1. The second-order valence-corrected chi connectivity index (χ2v) is 5.76. The molecular weight excluding hydrogens is 356 g/mol. The molecule has 1 amide bonds. The normalized spacial score (nSPS) is 13.0. The molecule has 1 N–H and O–H groups in total. The van der Waals surface area contributed by atoms with E-state index >= 15 is 0 Å². The van der Waals surface area contributed by atoms with Gasteiger partial charge < -0.3 is 24.3 Å². The molecule has 0 saturated carbocycles. The van der Waals surface area contributed by atoms with Gasteiger partial charge in [0.2, 0.25) is 6.79 Å². The van der Waals surface area contributed by atoms with Crippen molar-refractivity contribution in [2.45, 2.75) is 19.6 Å². The topological polar surface area (TPSA) is 109 Å². The number of nitrogens with zero attached hydrogens (tertiary/aromatic N) is 1. The van der Waals surface area contributed by atoms with Crippen molar-refractivity contribution in [2.75, 3.05) is 13.9 Å². The molecule has 9 nitrogen and oxygen atoms in total. The molecule has 1 aliphatic heterocycles. The quantitative estimate of drug-likeness (QED) is 0.585. The van der Waals surface area contributed by atoms with Gasteiger partial charge in [-0.05, 0) is 36.8 Å². The summed E-state index contributed by atoms with van der Waals surface area (Å²) in [6.07, 6.45) is -0.925. The first kappa shape index (κ1) is 18.3. The summed E-state index contributed by atoms with van der Waals surface area (Å²) in [4.78, 5) is 22.9. The van der Waals surface area contributed by atoms with Crippen LogP contribution in [0.15, 0.2) is 36.4 Å². The molecule has 0 radical (unpaired) electrons. The van der Waals surface area contributed by atoms with Crippen LogP contribution in [0.3, 0.4) is 0 Å². The van der Waals surface area contributed by atoms with Crippen LogP contribution in [0.25, 0.3) is 0 Å². The van der Waals surface area contributed by atoms with Crippen molar-refractivity contribution in [1.29, 1.82) is 0 Å². The predicted molar refractivity (Wildman–Crippen MR) is 94.2 cm³/mol. The van der Waals surface area contributed by atoms with E-state index in [-0.39, 0.29) is 24.8 Å². The van der Waals surface area contributed by atoms with Crippen molar-refractivity contribution < 1.29 is 28.7 Å². The summed E-state index contributed by atoms with van der Waals surface area (Å²) in [6, 6.07) is 9.53. The lowest BCUT2D eigenvalue weighted by atomic mass is 10.2. The average molecular weight is 374 g/mol. The monoisotopic (exact) mass is 374 g/mol. The summed E-state index contributed by atoms with van der Waals surface area (Å²) in [5.41, 5.74) is 0.556. The molecule has 0 fully saturated rings. The van der Waals surface area contributed by atoms with Crippen LogP contribution in [0.5, 0.6) is 23.0 Å². The first-order valence-corrected chi connectivity index (χ1v) is 8.13. The van der Waals surface area contributed by atoms with Crippen molar-refractivity contribution in [1.82, 2.24) is 5.32 Å². The van der Waals surface area contributed by atoms with Crippen LogP contribution >= 0.6 is 0 Å². The average Bonchev–Trinajstić information content (AvgIpc) is 3.13. The standard InChI is InChI=1S/C18H18N2O7/c1-11(27-15-6-4-13(24-2)8-14(15)20(22)23)18(21)19-9-12-3-5-16-17(7-12)26-10-25-16/h3-8,11H,9-10H2,1-2H3,(H,19,21)/t11-/m0/s1. The fourth-order valence-corrected chi connectivity index (χ4v) is 2.49. The third-order valence-electron chi connectivity index (χ3n) is 3.94. The minimum Gasteiger partial charge on any atom is -0.496 e. The van der Waals surface area contributed by atoms with Gasteiger partial charge in [0, 0.05) is 6.54 Å². The van der Waals surface area contributed by atoms with Crippen molar-refractivity contribution >= 4 is 11.6 Å². The second kappa shape index (κ2) is 7.81. The van der Waals surface area contributed by atoms with Crippen molar-refractivity contribution in [3.05, 3.63) is 52.1 Å². The molecule has 0 aliphatic carbocycles. The van der Waals surface area contributed by atoms with Crippen molar-refractivity contribution in [3.63, 3.8) is 0 Å². The first-order chi connectivity index (χ1) is 13.0. The number of fused-ring (bicyclic) bond motifs is 1. The number of benzene rings is 2. The van der Waals surface area contributed by atoms with Crippen molar-refractivity contribution in [2.24, 2.45) is 0 Å². The fraction of sp³-hybridized carbons (Fsp3) is 0.278. The Morgan fingerprint density at radius 1 is 1.26 bits per heavy atom. The van der Waals surface area contributed by atoms with Crippen LogP contribution < -0.4 is 24.3 Å². The lowest BCUT2D eigenvalue weighted by Gasteiger charge is -2.15. The van der Waals surface area contributed by atoms with E-state index in [1.165, 1.54) is 32.2 Å². The molecular formula is C18H18N2O7. The van der Waals surface area contributed by atoms with Gasteiger partial charge in [-0.25, -0.2) is 0 Å². The molecule has 3 rings (SSSR count). The number of rotatable bonds is 7. The maximum Gasteiger partial charge on any atom is 0.314 e. The van der Waals surface area contributed by atoms with Gasteiger partial charge in [0.25, 0.3) is 5.91 Å². The number of ether oxygens (including phenoxy) is 4. The van der Waals surface area contributed by atoms with E-state index in [1.807, 2.05) is 6.07 Å². The van der Waals surface area contributed by atoms with Gasteiger partial charge in [0.1, 0.15) is 5.75 Å². The summed E-state index contributed by atoms with van der Waals surface area (Å²) in [5, 5.41) is 13.9. The van der Waals surface area contributed by atoms with Gasteiger partial charge in [-0.2, -0.15) is 0 Å². The first-order valence-electron chi connectivity index (χ1n) is 8.13. The highest BCUT2D eigenvalue weighted by Gasteiger charge is 2.22. The van der Waals surface area contributed by atoms with E-state index < -0.39 is 16.9 Å². The molecule has 0 saturated heterocycles. The van der Waals surface area contributed by atoms with E-state index in [0.717, 1.165) is 5.56 Å². The summed E-state index contributed by atoms with van der Waals surface area (Å²) in [6.45, 7) is 1.95. The third kappa shape index (κ3) is 4.20. The van der Waals surface area contributed by atoms with Crippen molar-refractivity contribution in [3.8, 4) is 23.0 Å². The Kier molecular flexibility index (Phi) is 5.30. The van der Waals surface area contributed by atoms with Gasteiger partial charge in [0.05, 0.1) is 18.1 Å². The van der Waals surface area contributed by atoms with Gasteiger partial charge in [-0.1, -0.05) is 6.07 Å². The SMILES string of the molecule is COc1ccc(O[C@@H](C)C(=O)NCc2ccc3c(c2)OCO3)c([N+](=O)[O-])c1. The van der Waals surface area contributed by atoms with Crippen LogP contribution in [-0.2, 0) is 11.3 Å². The highest BCUT2D eigenvalue weighted by atomic mass is 16.7. The minimum atomic E-state index is -0.925.